The van der Waals surface area contributed by atoms with Crippen molar-refractivity contribution < 1.29 is 29.1 Å². The van der Waals surface area contributed by atoms with Gasteiger partial charge in [-0.05, 0) is 0 Å². The summed E-state index contributed by atoms with van der Waals surface area (Å²) in [7, 11) is 0. The highest BCUT2D eigenvalue weighted by Crippen LogP contribution is 2.03. The Labute approximate surface area is 187 Å². The summed E-state index contributed by atoms with van der Waals surface area (Å²) in [5.41, 5.74) is 11.5. The normalized spacial score (nSPS) is 13.4. The van der Waals surface area contributed by atoms with Gasteiger partial charge in [0.05, 0.1) is 31.7 Å². The number of H-pyrrole nitrogens is 2. The molecule has 0 fully saturated rings. The van der Waals surface area contributed by atoms with Gasteiger partial charge in [0, 0.05) is 36.6 Å². The highest BCUT2D eigenvalue weighted by atomic mass is 16.4. The molecule has 0 aliphatic rings. The summed E-state index contributed by atoms with van der Waals surface area (Å²) >= 11 is 0. The third kappa shape index (κ3) is 8.41. The molecule has 15 heteroatoms. The van der Waals surface area contributed by atoms with Crippen molar-refractivity contribution >= 4 is 29.6 Å². The molecule has 15 nitrogen and oxygen atoms in total. The van der Waals surface area contributed by atoms with Crippen LogP contribution >= 0.6 is 0 Å². The molecule has 0 spiro atoms. The van der Waals surface area contributed by atoms with Gasteiger partial charge in [0.2, 0.25) is 23.6 Å². The number of carboxylic acids is 1. The first-order valence-electron chi connectivity index (χ1n) is 9.74. The summed E-state index contributed by atoms with van der Waals surface area (Å²) in [4.78, 5) is 72.6. The molecule has 0 aromatic carbocycles. The second-order valence-electron chi connectivity index (χ2n) is 7.08. The highest BCUT2D eigenvalue weighted by molar-refractivity contribution is 5.93. The monoisotopic (exact) mass is 463 g/mol. The summed E-state index contributed by atoms with van der Waals surface area (Å²) < 4.78 is 0. The second-order valence-corrected chi connectivity index (χ2v) is 7.08. The molecular weight excluding hydrogens is 438 g/mol. The number of carbonyl (C=O) groups excluding carboxylic acids is 4. The number of rotatable bonds is 13. The van der Waals surface area contributed by atoms with Gasteiger partial charge >= 0.3 is 5.97 Å². The number of aromatic amines is 2. The lowest BCUT2D eigenvalue weighted by Gasteiger charge is -2.21. The molecule has 0 saturated heterocycles. The topological polar surface area (TPSA) is 251 Å². The van der Waals surface area contributed by atoms with Crippen molar-refractivity contribution in [2.24, 2.45) is 11.5 Å². The highest BCUT2D eigenvalue weighted by Gasteiger charge is 2.28. The van der Waals surface area contributed by atoms with Gasteiger partial charge in [-0.15, -0.1) is 0 Å². The number of amides is 4. The van der Waals surface area contributed by atoms with E-state index in [0.29, 0.717) is 11.4 Å². The minimum Gasteiger partial charge on any atom is -0.480 e. The molecule has 0 saturated carbocycles. The molecule has 2 aromatic rings. The lowest BCUT2D eigenvalue weighted by molar-refractivity contribution is -0.142. The smallest absolute Gasteiger partial charge is 0.326 e. The van der Waals surface area contributed by atoms with E-state index in [-0.39, 0.29) is 12.8 Å². The molecule has 0 bridgehead atoms. The molecule has 0 aliphatic heterocycles. The van der Waals surface area contributed by atoms with Gasteiger partial charge in [0.25, 0.3) is 0 Å². The van der Waals surface area contributed by atoms with Crippen molar-refractivity contribution in [2.45, 2.75) is 37.4 Å². The van der Waals surface area contributed by atoms with E-state index < -0.39 is 60.7 Å². The number of carboxylic acid groups (broad SMARTS) is 1. The van der Waals surface area contributed by atoms with E-state index in [1.165, 1.54) is 25.0 Å². The number of nitrogens with two attached hydrogens (primary N) is 2. The van der Waals surface area contributed by atoms with Crippen molar-refractivity contribution in [2.75, 3.05) is 6.54 Å². The Morgan fingerprint density at radius 2 is 1.52 bits per heavy atom. The summed E-state index contributed by atoms with van der Waals surface area (Å²) in [6.45, 7) is -0.533. The predicted molar refractivity (Wildman–Crippen MR) is 111 cm³/mol. The Balaban J connectivity index is 2.01. The predicted octanol–water partition coefficient (Wildman–Crippen LogP) is -3.71. The van der Waals surface area contributed by atoms with Crippen LogP contribution in [0.2, 0.25) is 0 Å². The van der Waals surface area contributed by atoms with Crippen molar-refractivity contribution in [3.63, 3.8) is 0 Å². The Bertz CT molecular complexity index is 960. The van der Waals surface area contributed by atoms with Gasteiger partial charge in [0.15, 0.2) is 0 Å². The largest absolute Gasteiger partial charge is 0.480 e. The first-order chi connectivity index (χ1) is 15.7. The minimum atomic E-state index is -1.29. The first-order valence-corrected chi connectivity index (χ1v) is 9.74. The second kappa shape index (κ2) is 11.9. The molecule has 2 heterocycles. The zero-order chi connectivity index (χ0) is 24.4. The third-order valence-corrected chi connectivity index (χ3v) is 4.41. The van der Waals surface area contributed by atoms with E-state index in [4.69, 9.17) is 11.5 Å². The zero-order valence-electron chi connectivity index (χ0n) is 17.4. The summed E-state index contributed by atoms with van der Waals surface area (Å²) in [6.07, 6.45) is 5.15. The van der Waals surface area contributed by atoms with Gasteiger partial charge in [0.1, 0.15) is 12.1 Å². The molecule has 178 valence electrons. The molecule has 4 amide bonds. The van der Waals surface area contributed by atoms with Crippen LogP contribution in [0, 0.1) is 0 Å². The Hall–Kier alpha value is -4.27. The molecule has 3 unspecified atom stereocenters. The van der Waals surface area contributed by atoms with E-state index in [9.17, 15) is 29.1 Å². The number of aromatic nitrogens is 4. The number of nitrogens with one attached hydrogen (secondary N) is 5. The number of aliphatic carboxylic acids is 1. The van der Waals surface area contributed by atoms with Crippen LogP contribution in [0.1, 0.15) is 17.8 Å². The molecule has 2 aromatic heterocycles. The van der Waals surface area contributed by atoms with Crippen LogP contribution in [0.25, 0.3) is 0 Å². The molecule has 0 radical (unpaired) electrons. The molecule has 2 rings (SSSR count). The standard InChI is InChI=1S/C18H25N9O6/c19-11(3-14(20)28)16(30)23-6-15(29)26-12(1-9-4-21-7-24-9)17(31)27-13(18(32)33)2-10-5-22-8-25-10/h4-5,7-8,11-13H,1-3,6,19H2,(H2,20,28)(H,21,24)(H,22,25)(H,23,30)(H,26,29)(H,27,31)(H,32,33). The van der Waals surface area contributed by atoms with Gasteiger partial charge in [-0.1, -0.05) is 0 Å². The van der Waals surface area contributed by atoms with Crippen molar-refractivity contribution in [1.29, 1.82) is 0 Å². The Morgan fingerprint density at radius 1 is 0.939 bits per heavy atom. The first kappa shape index (κ1) is 25.0. The lowest BCUT2D eigenvalue weighted by Crippen LogP contribution is -2.55. The van der Waals surface area contributed by atoms with Crippen LogP contribution < -0.4 is 27.4 Å². The molecule has 33 heavy (non-hydrogen) atoms. The van der Waals surface area contributed by atoms with Crippen molar-refractivity contribution in [1.82, 2.24) is 35.9 Å². The van der Waals surface area contributed by atoms with Crippen molar-refractivity contribution in [3.8, 4) is 0 Å². The van der Waals surface area contributed by atoms with Crippen molar-refractivity contribution in [3.05, 3.63) is 36.4 Å². The van der Waals surface area contributed by atoms with Gasteiger partial charge in [-0.2, -0.15) is 0 Å². The van der Waals surface area contributed by atoms with Crippen LogP contribution in [0.3, 0.4) is 0 Å². The molecule has 10 N–H and O–H groups in total. The lowest BCUT2D eigenvalue weighted by atomic mass is 10.1. The fourth-order valence-electron chi connectivity index (χ4n) is 2.77. The molecule has 0 aliphatic carbocycles. The Morgan fingerprint density at radius 3 is 2.00 bits per heavy atom. The van der Waals surface area contributed by atoms with Crippen LogP contribution in [-0.4, -0.2) is 79.3 Å². The molecule has 3 atom stereocenters. The maximum absolute atomic E-state index is 12.8. The summed E-state index contributed by atoms with van der Waals surface area (Å²) in [6, 6.07) is -3.69. The van der Waals surface area contributed by atoms with Crippen LogP contribution in [-0.2, 0) is 36.8 Å². The van der Waals surface area contributed by atoms with Crippen LogP contribution in [0.5, 0.6) is 0 Å². The third-order valence-electron chi connectivity index (χ3n) is 4.41. The summed E-state index contributed by atoms with van der Waals surface area (Å²) in [5.74, 6) is -4.33. The average molecular weight is 463 g/mol. The SMILES string of the molecule is NC(=O)CC(N)C(=O)NCC(=O)NC(Cc1cnc[nH]1)C(=O)NC(Cc1cnc[nH]1)C(=O)O. The van der Waals surface area contributed by atoms with Gasteiger partial charge in [-0.3, -0.25) is 19.2 Å². The van der Waals surface area contributed by atoms with E-state index in [1.807, 2.05) is 0 Å². The van der Waals surface area contributed by atoms with E-state index in [2.05, 4.69) is 35.9 Å². The summed E-state index contributed by atoms with van der Waals surface area (Å²) in [5, 5.41) is 16.5. The van der Waals surface area contributed by atoms with E-state index in [0.717, 1.165) is 0 Å². The number of hydrogen-bond acceptors (Lipinski definition) is 8. The van der Waals surface area contributed by atoms with Gasteiger partial charge in [-0.25, -0.2) is 14.8 Å². The number of carbonyl (C=O) groups is 5. The maximum Gasteiger partial charge on any atom is 0.326 e. The van der Waals surface area contributed by atoms with Crippen LogP contribution in [0.4, 0.5) is 0 Å². The van der Waals surface area contributed by atoms with E-state index in [1.54, 1.807) is 0 Å². The fraction of sp³-hybridized carbons (Fsp3) is 0.389. The van der Waals surface area contributed by atoms with Gasteiger partial charge < -0.3 is 42.5 Å². The van der Waals surface area contributed by atoms with E-state index >= 15 is 0 Å². The zero-order valence-corrected chi connectivity index (χ0v) is 17.4. The maximum atomic E-state index is 12.8. The number of primary amides is 1. The van der Waals surface area contributed by atoms with Crippen LogP contribution in [0.15, 0.2) is 25.0 Å². The minimum absolute atomic E-state index is 0.0247. The number of hydrogen-bond donors (Lipinski definition) is 8. The Kier molecular flexibility index (Phi) is 9.05. The fourth-order valence-corrected chi connectivity index (χ4v) is 2.77. The number of imidazole rings is 2. The quantitative estimate of drug-likeness (QED) is 0.145. The molecular formula is C18H25N9O6. The number of nitrogens with zero attached hydrogens (tertiary/aromatic N) is 2. The average Bonchev–Trinajstić information content (AvgIpc) is 3.44.